The van der Waals surface area contributed by atoms with Crippen LogP contribution in [0.1, 0.15) is 33.6 Å². The molecule has 1 rings (SSSR count). The molecule has 0 aliphatic rings. The Balaban J connectivity index is 2.94. The number of benzene rings is 1. The molecule has 0 bridgehead atoms. The first kappa shape index (κ1) is 14.8. The first-order chi connectivity index (χ1) is 8.43. The largest absolute Gasteiger partial charge is 0.489 e. The number of hydrogen-bond acceptors (Lipinski definition) is 3. The van der Waals surface area contributed by atoms with Crippen molar-refractivity contribution in [3.8, 4) is 11.5 Å². The van der Waals surface area contributed by atoms with Crippen molar-refractivity contribution in [1.29, 1.82) is 0 Å². The second-order valence-corrected chi connectivity index (χ2v) is 4.51. The zero-order valence-corrected chi connectivity index (χ0v) is 11.4. The van der Waals surface area contributed by atoms with Crippen molar-refractivity contribution < 1.29 is 18.7 Å². The van der Waals surface area contributed by atoms with Crippen LogP contribution in [0.25, 0.3) is 0 Å². The van der Waals surface area contributed by atoms with E-state index in [0.717, 1.165) is 6.07 Å². The monoisotopic (exact) mass is 274 g/mol. The highest BCUT2D eigenvalue weighted by Gasteiger charge is 2.14. The molecule has 0 radical (unpaired) electrons. The number of carbonyl (C=O) groups is 1. The summed E-state index contributed by atoms with van der Waals surface area (Å²) in [6.45, 7) is 5.48. The van der Waals surface area contributed by atoms with Crippen molar-refractivity contribution in [3.63, 3.8) is 0 Å². The Hall–Kier alpha value is -1.29. The highest BCUT2D eigenvalue weighted by atomic mass is 35.5. The van der Waals surface area contributed by atoms with E-state index in [2.05, 4.69) is 0 Å². The lowest BCUT2D eigenvalue weighted by Crippen LogP contribution is -2.10. The Bertz CT molecular complexity index is 432. The van der Waals surface area contributed by atoms with Crippen LogP contribution in [0.15, 0.2) is 12.1 Å². The molecule has 5 heteroatoms. The third kappa shape index (κ3) is 4.18. The molecule has 0 spiro atoms. The molecule has 0 N–H and O–H groups in total. The number of halogens is 2. The minimum absolute atomic E-state index is 0.104. The second kappa shape index (κ2) is 6.59. The fourth-order valence-corrected chi connectivity index (χ4v) is 1.51. The molecular formula is C13H16ClFO3. The number of hydrogen-bond donors (Lipinski definition) is 0. The van der Waals surface area contributed by atoms with E-state index < -0.39 is 11.8 Å². The topological polar surface area (TPSA) is 35.5 Å². The zero-order chi connectivity index (χ0) is 13.7. The van der Waals surface area contributed by atoms with Gasteiger partial charge in [-0.3, -0.25) is 4.79 Å². The minimum atomic E-state index is -0.680. The molecule has 0 aliphatic heterocycles. The van der Waals surface area contributed by atoms with Crippen molar-refractivity contribution >= 4 is 17.6 Å². The first-order valence-electron chi connectivity index (χ1n) is 5.80. The van der Waals surface area contributed by atoms with Gasteiger partial charge in [0.05, 0.1) is 11.1 Å². The summed E-state index contributed by atoms with van der Waals surface area (Å²) in [5.41, 5.74) is 0. The zero-order valence-electron chi connectivity index (χ0n) is 10.6. The van der Waals surface area contributed by atoms with Gasteiger partial charge in [-0.2, -0.15) is 0 Å². The van der Waals surface area contributed by atoms with E-state index >= 15 is 0 Å². The van der Waals surface area contributed by atoms with Gasteiger partial charge in [0.2, 0.25) is 0 Å². The molecule has 1 aromatic carbocycles. The summed E-state index contributed by atoms with van der Waals surface area (Å²) in [5.74, 6) is -1.02. The number of carbonyl (C=O) groups excluding carboxylic acids is 1. The lowest BCUT2D eigenvalue weighted by molar-refractivity contribution is -0.134. The van der Waals surface area contributed by atoms with Gasteiger partial charge in [-0.15, -0.1) is 0 Å². The number of esters is 1. The Labute approximate surface area is 111 Å². The standard InChI is InChI=1S/C13H16ClFO3/c1-4-5-13(16)18-12-7-11(17-8(2)3)9(14)6-10(12)15/h6-8H,4-5H2,1-3H3. The van der Waals surface area contributed by atoms with Crippen LogP contribution in [0.3, 0.4) is 0 Å². The van der Waals surface area contributed by atoms with Crippen LogP contribution in [0.2, 0.25) is 5.02 Å². The molecule has 0 saturated heterocycles. The molecule has 0 atom stereocenters. The van der Waals surface area contributed by atoms with Crippen molar-refractivity contribution in [1.82, 2.24) is 0 Å². The first-order valence-corrected chi connectivity index (χ1v) is 6.18. The molecule has 3 nitrogen and oxygen atoms in total. The molecule has 0 heterocycles. The van der Waals surface area contributed by atoms with Crippen molar-refractivity contribution in [3.05, 3.63) is 23.0 Å². The van der Waals surface area contributed by atoms with E-state index in [0.29, 0.717) is 12.2 Å². The Morgan fingerprint density at radius 2 is 2.06 bits per heavy atom. The van der Waals surface area contributed by atoms with E-state index in [1.54, 1.807) is 0 Å². The average molecular weight is 275 g/mol. The van der Waals surface area contributed by atoms with Crippen LogP contribution < -0.4 is 9.47 Å². The smallest absolute Gasteiger partial charge is 0.311 e. The van der Waals surface area contributed by atoms with Crippen LogP contribution in [0.4, 0.5) is 4.39 Å². The summed E-state index contributed by atoms with van der Waals surface area (Å²) in [6.07, 6.45) is 0.776. The van der Waals surface area contributed by atoms with Gasteiger partial charge in [0.1, 0.15) is 5.75 Å². The lowest BCUT2D eigenvalue weighted by Gasteiger charge is -2.13. The molecule has 0 saturated carbocycles. The lowest BCUT2D eigenvalue weighted by atomic mass is 10.3. The van der Waals surface area contributed by atoms with Crippen LogP contribution in [0.5, 0.6) is 11.5 Å². The van der Waals surface area contributed by atoms with Gasteiger partial charge in [-0.1, -0.05) is 18.5 Å². The molecule has 0 aromatic heterocycles. The maximum atomic E-state index is 13.6. The quantitative estimate of drug-likeness (QED) is 0.602. The molecule has 0 amide bonds. The Morgan fingerprint density at radius 1 is 1.39 bits per heavy atom. The summed E-state index contributed by atoms with van der Waals surface area (Å²) in [5, 5.41) is 0.150. The predicted octanol–water partition coefficient (Wildman–Crippen LogP) is 3.97. The van der Waals surface area contributed by atoms with E-state index in [1.165, 1.54) is 6.07 Å². The van der Waals surface area contributed by atoms with Gasteiger partial charge in [0.15, 0.2) is 11.6 Å². The SMILES string of the molecule is CCCC(=O)Oc1cc(OC(C)C)c(Cl)cc1F. The summed E-state index contributed by atoms with van der Waals surface area (Å²) >= 11 is 5.84. The van der Waals surface area contributed by atoms with Gasteiger partial charge in [-0.25, -0.2) is 4.39 Å². The van der Waals surface area contributed by atoms with Gasteiger partial charge in [-0.05, 0) is 20.3 Å². The van der Waals surface area contributed by atoms with E-state index in [-0.39, 0.29) is 23.3 Å². The fraction of sp³-hybridized carbons (Fsp3) is 0.462. The van der Waals surface area contributed by atoms with E-state index in [1.807, 2.05) is 20.8 Å². The van der Waals surface area contributed by atoms with Crippen LogP contribution >= 0.6 is 11.6 Å². The maximum absolute atomic E-state index is 13.6. The predicted molar refractivity (Wildman–Crippen MR) is 67.7 cm³/mol. The third-order valence-corrected chi connectivity index (χ3v) is 2.32. The van der Waals surface area contributed by atoms with Gasteiger partial charge in [0.25, 0.3) is 0 Å². The molecule has 0 unspecified atom stereocenters. The summed E-state index contributed by atoms with van der Waals surface area (Å²) in [6, 6.07) is 2.37. The minimum Gasteiger partial charge on any atom is -0.489 e. The molecule has 1 aromatic rings. The molecule has 0 aliphatic carbocycles. The Kier molecular flexibility index (Phi) is 5.41. The fourth-order valence-electron chi connectivity index (χ4n) is 1.31. The van der Waals surface area contributed by atoms with Gasteiger partial charge >= 0.3 is 5.97 Å². The highest BCUT2D eigenvalue weighted by molar-refractivity contribution is 6.32. The Morgan fingerprint density at radius 3 is 2.61 bits per heavy atom. The van der Waals surface area contributed by atoms with Crippen LogP contribution in [0, 0.1) is 5.82 Å². The summed E-state index contributed by atoms with van der Waals surface area (Å²) in [4.78, 5) is 11.3. The summed E-state index contributed by atoms with van der Waals surface area (Å²) < 4.78 is 23.9. The molecule has 100 valence electrons. The van der Waals surface area contributed by atoms with Crippen LogP contribution in [-0.4, -0.2) is 12.1 Å². The molecule has 18 heavy (non-hydrogen) atoms. The second-order valence-electron chi connectivity index (χ2n) is 4.10. The van der Waals surface area contributed by atoms with Crippen molar-refractivity contribution in [2.75, 3.05) is 0 Å². The van der Waals surface area contributed by atoms with Crippen molar-refractivity contribution in [2.45, 2.75) is 39.7 Å². The van der Waals surface area contributed by atoms with Crippen molar-refractivity contribution in [2.24, 2.45) is 0 Å². The highest BCUT2D eigenvalue weighted by Crippen LogP contribution is 2.32. The van der Waals surface area contributed by atoms with Gasteiger partial charge in [0, 0.05) is 18.6 Å². The third-order valence-electron chi connectivity index (χ3n) is 2.03. The molecule has 0 fully saturated rings. The van der Waals surface area contributed by atoms with Gasteiger partial charge < -0.3 is 9.47 Å². The van der Waals surface area contributed by atoms with Crippen LogP contribution in [-0.2, 0) is 4.79 Å². The average Bonchev–Trinajstić information content (AvgIpc) is 2.24. The van der Waals surface area contributed by atoms with E-state index in [9.17, 15) is 9.18 Å². The number of rotatable bonds is 5. The number of ether oxygens (including phenoxy) is 2. The normalized spacial score (nSPS) is 10.6. The molecular weight excluding hydrogens is 259 g/mol. The van der Waals surface area contributed by atoms with E-state index in [4.69, 9.17) is 21.1 Å². The maximum Gasteiger partial charge on any atom is 0.311 e. The summed E-state index contributed by atoms with van der Waals surface area (Å²) in [7, 11) is 0.